The summed E-state index contributed by atoms with van der Waals surface area (Å²) in [4.78, 5) is 11.6. The third-order valence-corrected chi connectivity index (χ3v) is 4.61. The van der Waals surface area contributed by atoms with Crippen LogP contribution in [0.1, 0.15) is 16.1 Å². The number of benzene rings is 2. The fourth-order valence-corrected chi connectivity index (χ4v) is 3.26. The second kappa shape index (κ2) is 6.62. The average Bonchev–Trinajstić information content (AvgIpc) is 2.93. The molecule has 0 unspecified atom stereocenters. The van der Waals surface area contributed by atoms with Crippen molar-refractivity contribution in [1.82, 2.24) is 0 Å². The molecule has 0 aliphatic rings. The standard InChI is InChI=1S/C17H13ClN2O4S/c18-12-7-5-11(6-8-12)9-10-25(22,23)20-15-13-3-1-2-4-14(13)24-16(15)17(19)21/h1-10,20H,(H2,19,21)/b10-9+. The molecular formula is C17H13ClN2O4S. The van der Waals surface area contributed by atoms with Crippen molar-refractivity contribution in [2.75, 3.05) is 4.72 Å². The van der Waals surface area contributed by atoms with E-state index >= 15 is 0 Å². The van der Waals surface area contributed by atoms with Gasteiger partial charge in [-0.3, -0.25) is 9.52 Å². The Kier molecular flexibility index (Phi) is 4.52. The first kappa shape index (κ1) is 17.1. The van der Waals surface area contributed by atoms with Gasteiger partial charge in [0.05, 0.1) is 5.41 Å². The maximum atomic E-state index is 12.3. The zero-order chi connectivity index (χ0) is 18.0. The molecule has 128 valence electrons. The van der Waals surface area contributed by atoms with Gasteiger partial charge >= 0.3 is 0 Å². The summed E-state index contributed by atoms with van der Waals surface area (Å²) in [6, 6.07) is 13.3. The van der Waals surface area contributed by atoms with Gasteiger partial charge in [0.1, 0.15) is 11.3 Å². The third kappa shape index (κ3) is 3.84. The van der Waals surface area contributed by atoms with Gasteiger partial charge in [-0.15, -0.1) is 0 Å². The SMILES string of the molecule is NC(=O)c1oc2ccccc2c1NS(=O)(=O)/C=C/c1ccc(Cl)cc1. The number of halogens is 1. The summed E-state index contributed by atoms with van der Waals surface area (Å²) in [6.07, 6.45) is 1.41. The lowest BCUT2D eigenvalue weighted by Gasteiger charge is -2.04. The van der Waals surface area contributed by atoms with Crippen LogP contribution in [0.3, 0.4) is 0 Å². The summed E-state index contributed by atoms with van der Waals surface area (Å²) < 4.78 is 32.4. The first-order valence-corrected chi connectivity index (χ1v) is 9.06. The normalized spacial score (nSPS) is 11.9. The van der Waals surface area contributed by atoms with Gasteiger partial charge in [0.2, 0.25) is 5.76 Å². The number of amides is 1. The number of anilines is 1. The minimum atomic E-state index is -3.89. The Hall–Kier alpha value is -2.77. The number of rotatable bonds is 5. The number of carbonyl (C=O) groups excluding carboxylic acids is 1. The lowest BCUT2D eigenvalue weighted by molar-refractivity contribution is 0.0977. The number of para-hydroxylation sites is 1. The zero-order valence-corrected chi connectivity index (χ0v) is 14.3. The van der Waals surface area contributed by atoms with Crippen LogP contribution in [0.25, 0.3) is 17.0 Å². The number of hydrogen-bond acceptors (Lipinski definition) is 4. The van der Waals surface area contributed by atoms with E-state index in [-0.39, 0.29) is 11.4 Å². The zero-order valence-electron chi connectivity index (χ0n) is 12.8. The van der Waals surface area contributed by atoms with Crippen molar-refractivity contribution in [2.24, 2.45) is 5.73 Å². The quantitative estimate of drug-likeness (QED) is 0.710. The topological polar surface area (TPSA) is 102 Å². The summed E-state index contributed by atoms with van der Waals surface area (Å²) in [5.74, 6) is -1.11. The van der Waals surface area contributed by atoms with Crippen molar-refractivity contribution >= 4 is 50.3 Å². The summed E-state index contributed by atoms with van der Waals surface area (Å²) in [6.45, 7) is 0. The number of sulfonamides is 1. The highest BCUT2D eigenvalue weighted by molar-refractivity contribution is 7.95. The predicted octanol–water partition coefficient (Wildman–Crippen LogP) is 3.60. The molecule has 8 heteroatoms. The van der Waals surface area contributed by atoms with E-state index in [1.165, 1.54) is 6.08 Å². The molecule has 1 amide bonds. The fourth-order valence-electron chi connectivity index (χ4n) is 2.24. The van der Waals surface area contributed by atoms with Gasteiger partial charge in [-0.1, -0.05) is 35.9 Å². The fraction of sp³-hybridized carbons (Fsp3) is 0. The van der Waals surface area contributed by atoms with Crippen LogP contribution < -0.4 is 10.5 Å². The van der Waals surface area contributed by atoms with Crippen LogP contribution in [0.2, 0.25) is 5.02 Å². The van der Waals surface area contributed by atoms with Gasteiger partial charge in [0, 0.05) is 10.4 Å². The van der Waals surface area contributed by atoms with Gasteiger partial charge in [0.15, 0.2) is 0 Å². The van der Waals surface area contributed by atoms with Crippen LogP contribution in [0.5, 0.6) is 0 Å². The van der Waals surface area contributed by atoms with Gasteiger partial charge < -0.3 is 10.2 Å². The molecule has 3 aromatic rings. The minimum absolute atomic E-state index is 0.0175. The molecule has 0 aliphatic carbocycles. The van der Waals surface area contributed by atoms with Crippen LogP contribution in [0, 0.1) is 0 Å². The van der Waals surface area contributed by atoms with Crippen LogP contribution in [0.4, 0.5) is 5.69 Å². The van der Waals surface area contributed by atoms with Crippen LogP contribution in [0.15, 0.2) is 58.4 Å². The largest absolute Gasteiger partial charge is 0.449 e. The number of nitrogens with one attached hydrogen (secondary N) is 1. The van der Waals surface area contributed by atoms with Crippen molar-refractivity contribution < 1.29 is 17.6 Å². The minimum Gasteiger partial charge on any atom is -0.449 e. The monoisotopic (exact) mass is 376 g/mol. The lowest BCUT2D eigenvalue weighted by atomic mass is 10.2. The Morgan fingerprint density at radius 1 is 1.12 bits per heavy atom. The molecule has 3 rings (SSSR count). The van der Waals surface area contributed by atoms with Crippen molar-refractivity contribution in [3.8, 4) is 0 Å². The van der Waals surface area contributed by atoms with E-state index in [0.29, 0.717) is 21.6 Å². The van der Waals surface area contributed by atoms with E-state index in [0.717, 1.165) is 5.41 Å². The Labute approximate surface area is 148 Å². The van der Waals surface area contributed by atoms with Crippen LogP contribution >= 0.6 is 11.6 Å². The van der Waals surface area contributed by atoms with E-state index in [9.17, 15) is 13.2 Å². The molecule has 0 spiro atoms. The number of primary amides is 1. The molecule has 0 aliphatic heterocycles. The molecule has 1 aromatic heterocycles. The predicted molar refractivity (Wildman–Crippen MR) is 97.8 cm³/mol. The highest BCUT2D eigenvalue weighted by atomic mass is 35.5. The van der Waals surface area contributed by atoms with Gasteiger partial charge in [0.25, 0.3) is 15.9 Å². The molecule has 0 saturated heterocycles. The molecule has 0 atom stereocenters. The Morgan fingerprint density at radius 2 is 1.80 bits per heavy atom. The Bertz CT molecular complexity index is 1070. The van der Waals surface area contributed by atoms with Crippen LogP contribution in [-0.4, -0.2) is 14.3 Å². The van der Waals surface area contributed by atoms with E-state index < -0.39 is 15.9 Å². The van der Waals surface area contributed by atoms with E-state index in [1.807, 2.05) is 0 Å². The maximum Gasteiger partial charge on any atom is 0.286 e. The molecular weight excluding hydrogens is 364 g/mol. The van der Waals surface area contributed by atoms with Crippen molar-refractivity contribution in [3.63, 3.8) is 0 Å². The number of hydrogen-bond donors (Lipinski definition) is 2. The van der Waals surface area contributed by atoms with Gasteiger partial charge in [-0.2, -0.15) is 0 Å². The highest BCUT2D eigenvalue weighted by Gasteiger charge is 2.21. The van der Waals surface area contributed by atoms with Crippen molar-refractivity contribution in [1.29, 1.82) is 0 Å². The van der Waals surface area contributed by atoms with Crippen molar-refractivity contribution in [3.05, 3.63) is 70.3 Å². The Balaban J connectivity index is 1.95. The average molecular weight is 377 g/mol. The molecule has 0 radical (unpaired) electrons. The molecule has 1 heterocycles. The summed E-state index contributed by atoms with van der Waals surface area (Å²) in [5.41, 5.74) is 6.31. The molecule has 0 fully saturated rings. The highest BCUT2D eigenvalue weighted by Crippen LogP contribution is 2.31. The van der Waals surface area contributed by atoms with E-state index in [4.69, 9.17) is 21.8 Å². The second-order valence-electron chi connectivity index (χ2n) is 5.17. The molecule has 25 heavy (non-hydrogen) atoms. The molecule has 3 N–H and O–H groups in total. The number of fused-ring (bicyclic) bond motifs is 1. The van der Waals surface area contributed by atoms with Gasteiger partial charge in [-0.25, -0.2) is 8.42 Å². The van der Waals surface area contributed by atoms with Gasteiger partial charge in [-0.05, 0) is 35.9 Å². The third-order valence-electron chi connectivity index (χ3n) is 3.37. The first-order valence-electron chi connectivity index (χ1n) is 7.13. The molecule has 2 aromatic carbocycles. The maximum absolute atomic E-state index is 12.3. The Morgan fingerprint density at radius 3 is 2.48 bits per heavy atom. The summed E-state index contributed by atoms with van der Waals surface area (Å²) in [7, 11) is -3.89. The smallest absolute Gasteiger partial charge is 0.286 e. The van der Waals surface area contributed by atoms with E-state index in [1.54, 1.807) is 48.5 Å². The van der Waals surface area contributed by atoms with Crippen LogP contribution in [-0.2, 0) is 10.0 Å². The summed E-state index contributed by atoms with van der Waals surface area (Å²) in [5, 5.41) is 1.98. The molecule has 0 bridgehead atoms. The number of nitrogens with two attached hydrogens (primary N) is 1. The lowest BCUT2D eigenvalue weighted by Crippen LogP contribution is -2.15. The number of carbonyl (C=O) groups is 1. The van der Waals surface area contributed by atoms with Crippen molar-refractivity contribution in [2.45, 2.75) is 0 Å². The van der Waals surface area contributed by atoms with E-state index in [2.05, 4.69) is 4.72 Å². The molecule has 0 saturated carbocycles. The summed E-state index contributed by atoms with van der Waals surface area (Å²) >= 11 is 5.79. The molecule has 6 nitrogen and oxygen atoms in total. The number of furan rings is 1. The first-order chi connectivity index (χ1) is 11.9. The second-order valence-corrected chi connectivity index (χ2v) is 7.17.